The first kappa shape index (κ1) is 16.7. The van der Waals surface area contributed by atoms with E-state index in [2.05, 4.69) is 0 Å². The monoisotopic (exact) mass is 346 g/mol. The molecule has 0 spiro atoms. The van der Waals surface area contributed by atoms with Crippen molar-refractivity contribution in [2.24, 2.45) is 11.8 Å². The van der Waals surface area contributed by atoms with Crippen LogP contribution in [0.25, 0.3) is 0 Å². The van der Waals surface area contributed by atoms with Crippen LogP contribution in [0.3, 0.4) is 0 Å². The van der Waals surface area contributed by atoms with Gasteiger partial charge in [0.15, 0.2) is 9.84 Å². The first-order valence-electron chi connectivity index (χ1n) is 7.81. The highest BCUT2D eigenvalue weighted by molar-refractivity contribution is 7.92. The number of carbonyl (C=O) groups excluding carboxylic acids is 2. The van der Waals surface area contributed by atoms with E-state index >= 15 is 0 Å². The Morgan fingerprint density at radius 1 is 1.22 bits per heavy atom. The third kappa shape index (κ3) is 2.38. The fraction of sp³-hybridized carbons (Fsp3) is 0.867. The molecule has 2 bridgehead atoms. The van der Waals surface area contributed by atoms with Crippen molar-refractivity contribution in [3.05, 3.63) is 0 Å². The van der Waals surface area contributed by atoms with Gasteiger partial charge in [0.05, 0.1) is 23.2 Å². The SMILES string of the molecule is CC(=O)OCCC12OC3(COC(C)=O)CC1S(=O)(=O)CC2C3C. The summed E-state index contributed by atoms with van der Waals surface area (Å²) < 4.78 is 41.5. The molecule has 3 aliphatic rings. The highest BCUT2D eigenvalue weighted by Crippen LogP contribution is 2.64. The molecule has 0 amide bonds. The molecule has 0 aliphatic carbocycles. The number of hydrogen-bond acceptors (Lipinski definition) is 7. The minimum atomic E-state index is -3.26. The second kappa shape index (κ2) is 5.17. The van der Waals surface area contributed by atoms with Crippen molar-refractivity contribution in [1.82, 2.24) is 0 Å². The molecule has 130 valence electrons. The van der Waals surface area contributed by atoms with Gasteiger partial charge in [0.2, 0.25) is 0 Å². The van der Waals surface area contributed by atoms with Gasteiger partial charge in [-0.25, -0.2) is 8.42 Å². The summed E-state index contributed by atoms with van der Waals surface area (Å²) in [4.78, 5) is 22.2. The van der Waals surface area contributed by atoms with E-state index in [1.165, 1.54) is 13.8 Å². The van der Waals surface area contributed by atoms with Gasteiger partial charge >= 0.3 is 11.9 Å². The van der Waals surface area contributed by atoms with E-state index in [9.17, 15) is 18.0 Å². The lowest BCUT2D eigenvalue weighted by atomic mass is 9.67. The molecular weight excluding hydrogens is 324 g/mol. The van der Waals surface area contributed by atoms with Crippen LogP contribution in [-0.2, 0) is 33.6 Å². The molecule has 0 N–H and O–H groups in total. The van der Waals surface area contributed by atoms with Gasteiger partial charge in [0, 0.05) is 26.2 Å². The fourth-order valence-electron chi connectivity index (χ4n) is 4.63. The summed E-state index contributed by atoms with van der Waals surface area (Å²) in [6.45, 7) is 4.81. The Balaban J connectivity index is 1.88. The lowest BCUT2D eigenvalue weighted by molar-refractivity contribution is -0.155. The molecule has 5 atom stereocenters. The average molecular weight is 346 g/mol. The summed E-state index contributed by atoms with van der Waals surface area (Å²) >= 11 is 0. The van der Waals surface area contributed by atoms with Crippen LogP contribution in [0, 0.1) is 11.8 Å². The van der Waals surface area contributed by atoms with Crippen molar-refractivity contribution < 1.29 is 32.2 Å². The number of ether oxygens (including phenoxy) is 3. The second-order valence-electron chi connectivity index (χ2n) is 6.91. The van der Waals surface area contributed by atoms with Gasteiger partial charge in [0.1, 0.15) is 12.2 Å². The lowest BCUT2D eigenvalue weighted by Crippen LogP contribution is -2.46. The smallest absolute Gasteiger partial charge is 0.302 e. The minimum absolute atomic E-state index is 0.0345. The van der Waals surface area contributed by atoms with Crippen LogP contribution in [0.15, 0.2) is 0 Å². The van der Waals surface area contributed by atoms with Crippen LogP contribution in [-0.4, -0.2) is 55.8 Å². The molecule has 8 heteroatoms. The molecule has 3 aliphatic heterocycles. The average Bonchev–Trinajstić information content (AvgIpc) is 2.93. The van der Waals surface area contributed by atoms with E-state index in [0.29, 0.717) is 12.8 Å². The Kier molecular flexibility index (Phi) is 3.76. The zero-order valence-electron chi connectivity index (χ0n) is 13.5. The van der Waals surface area contributed by atoms with Crippen LogP contribution in [0.1, 0.15) is 33.6 Å². The summed E-state index contributed by atoms with van der Waals surface area (Å²) in [5.41, 5.74) is -1.57. The van der Waals surface area contributed by atoms with Crippen molar-refractivity contribution in [3.63, 3.8) is 0 Å². The Morgan fingerprint density at radius 2 is 1.87 bits per heavy atom. The van der Waals surface area contributed by atoms with Crippen LogP contribution in [0.5, 0.6) is 0 Å². The highest BCUT2D eigenvalue weighted by Gasteiger charge is 2.77. The summed E-state index contributed by atoms with van der Waals surface area (Å²) in [6, 6.07) is 0. The summed E-state index contributed by atoms with van der Waals surface area (Å²) in [6.07, 6.45) is 0.688. The summed E-state index contributed by atoms with van der Waals surface area (Å²) in [5, 5.41) is -0.609. The zero-order chi connectivity index (χ0) is 17.0. The normalized spacial score (nSPS) is 42.7. The van der Waals surface area contributed by atoms with Crippen LogP contribution < -0.4 is 0 Å². The van der Waals surface area contributed by atoms with Crippen molar-refractivity contribution in [1.29, 1.82) is 0 Å². The fourth-order valence-corrected chi connectivity index (χ4v) is 7.42. The van der Waals surface area contributed by atoms with Gasteiger partial charge < -0.3 is 14.2 Å². The maximum atomic E-state index is 12.5. The number of sulfone groups is 1. The zero-order valence-corrected chi connectivity index (χ0v) is 14.4. The van der Waals surface area contributed by atoms with Crippen LogP contribution >= 0.6 is 0 Å². The number of esters is 2. The molecule has 7 nitrogen and oxygen atoms in total. The molecule has 0 aromatic carbocycles. The van der Waals surface area contributed by atoms with Crippen molar-refractivity contribution in [2.75, 3.05) is 19.0 Å². The molecule has 0 saturated carbocycles. The first-order chi connectivity index (χ1) is 10.6. The highest BCUT2D eigenvalue weighted by atomic mass is 32.2. The van der Waals surface area contributed by atoms with Crippen molar-refractivity contribution >= 4 is 21.8 Å². The predicted molar refractivity (Wildman–Crippen MR) is 79.3 cm³/mol. The van der Waals surface area contributed by atoms with E-state index < -0.39 is 38.2 Å². The van der Waals surface area contributed by atoms with Gasteiger partial charge in [0.25, 0.3) is 0 Å². The van der Waals surface area contributed by atoms with Gasteiger partial charge in [-0.15, -0.1) is 0 Å². The van der Waals surface area contributed by atoms with E-state index in [0.717, 1.165) is 0 Å². The Bertz CT molecular complexity index is 642. The Morgan fingerprint density at radius 3 is 2.48 bits per heavy atom. The maximum Gasteiger partial charge on any atom is 0.302 e. The first-order valence-corrected chi connectivity index (χ1v) is 9.53. The predicted octanol–water partition coefficient (Wildman–Crippen LogP) is 0.463. The molecule has 3 saturated heterocycles. The second-order valence-corrected chi connectivity index (χ2v) is 9.14. The molecule has 3 rings (SSSR count). The van der Waals surface area contributed by atoms with Crippen LogP contribution in [0.4, 0.5) is 0 Å². The quantitative estimate of drug-likeness (QED) is 0.667. The molecule has 0 aromatic heterocycles. The molecule has 0 radical (unpaired) electrons. The minimum Gasteiger partial charge on any atom is -0.466 e. The lowest BCUT2D eigenvalue weighted by Gasteiger charge is -2.33. The summed E-state index contributed by atoms with van der Waals surface area (Å²) in [7, 11) is -3.26. The van der Waals surface area contributed by atoms with E-state index in [1.807, 2.05) is 6.92 Å². The topological polar surface area (TPSA) is 96.0 Å². The third-order valence-corrected chi connectivity index (χ3v) is 7.95. The van der Waals surface area contributed by atoms with Gasteiger partial charge in [-0.1, -0.05) is 6.92 Å². The van der Waals surface area contributed by atoms with E-state index in [-0.39, 0.29) is 30.8 Å². The van der Waals surface area contributed by atoms with Gasteiger partial charge in [-0.05, 0) is 12.3 Å². The summed E-state index contributed by atoms with van der Waals surface area (Å²) in [5.74, 6) is -0.910. The molecule has 5 unspecified atom stereocenters. The maximum absolute atomic E-state index is 12.5. The van der Waals surface area contributed by atoms with Gasteiger partial charge in [-0.3, -0.25) is 9.59 Å². The molecule has 3 fully saturated rings. The standard InChI is InChI=1S/C15H22O7S/c1-9-12-7-23(18,19)13-6-14(9,8-21-11(3)17)22-15(12,13)4-5-20-10(2)16/h9,12-13H,4-8H2,1-3H3. The largest absolute Gasteiger partial charge is 0.466 e. The molecule has 0 aromatic rings. The Hall–Kier alpha value is -1.15. The van der Waals surface area contributed by atoms with E-state index in [1.54, 1.807) is 0 Å². The molecular formula is C15H22O7S. The number of fused-ring (bicyclic) bond motifs is 1. The molecule has 23 heavy (non-hydrogen) atoms. The molecule has 3 heterocycles. The van der Waals surface area contributed by atoms with Gasteiger partial charge in [-0.2, -0.15) is 0 Å². The van der Waals surface area contributed by atoms with Crippen LogP contribution in [0.2, 0.25) is 0 Å². The number of hydrogen-bond donors (Lipinski definition) is 0. The van der Waals surface area contributed by atoms with Crippen molar-refractivity contribution in [2.45, 2.75) is 50.1 Å². The van der Waals surface area contributed by atoms with Crippen molar-refractivity contribution in [3.8, 4) is 0 Å². The number of rotatable bonds is 5. The third-order valence-electron chi connectivity index (χ3n) is 5.69. The van der Waals surface area contributed by atoms with E-state index in [4.69, 9.17) is 14.2 Å². The number of carbonyl (C=O) groups is 2. The Labute approximate surface area is 135 Å².